The molecule has 0 radical (unpaired) electrons. The maximum atomic E-state index is 12.3. The standard InChI is InChI=1S/C16H22BN3O6/c18-11-4-5-20(7-12(11)21)8-14(22)19-13-6-9-2-1-3-10(16(23)24)15(9)26-17(13)25/h1-3,11-13,21,25H,4-8,18H2,(H,19,22)(H,23,24)/t11?,12?,13-/m0/s1. The number of rotatable bonds is 4. The van der Waals surface area contributed by atoms with E-state index in [0.29, 0.717) is 25.1 Å². The summed E-state index contributed by atoms with van der Waals surface area (Å²) in [4.78, 5) is 25.3. The molecule has 0 spiro atoms. The maximum Gasteiger partial charge on any atom is 0.547 e. The highest BCUT2D eigenvalue weighted by molar-refractivity contribution is 6.47. The number of amides is 1. The molecule has 3 rings (SSSR count). The molecule has 3 atom stereocenters. The van der Waals surface area contributed by atoms with Gasteiger partial charge in [0.25, 0.3) is 0 Å². The molecule has 1 saturated heterocycles. The molecule has 0 aliphatic carbocycles. The molecule has 26 heavy (non-hydrogen) atoms. The Morgan fingerprint density at radius 1 is 1.42 bits per heavy atom. The Hall–Kier alpha value is -2.14. The summed E-state index contributed by atoms with van der Waals surface area (Å²) in [5.74, 6) is -2.00. The van der Waals surface area contributed by atoms with Crippen molar-refractivity contribution in [3.05, 3.63) is 29.3 Å². The molecular formula is C16H22BN3O6. The van der Waals surface area contributed by atoms with Crippen molar-refractivity contribution in [3.63, 3.8) is 0 Å². The summed E-state index contributed by atoms with van der Waals surface area (Å²) < 4.78 is 5.35. The van der Waals surface area contributed by atoms with Crippen LogP contribution in [0.3, 0.4) is 0 Å². The molecule has 2 aliphatic rings. The topological polar surface area (TPSA) is 145 Å². The maximum absolute atomic E-state index is 12.3. The Balaban J connectivity index is 1.61. The van der Waals surface area contributed by atoms with E-state index in [2.05, 4.69) is 5.32 Å². The number of aliphatic hydroxyl groups is 1. The summed E-state index contributed by atoms with van der Waals surface area (Å²) >= 11 is 0. The molecule has 1 aromatic carbocycles. The SMILES string of the molecule is NC1CCN(CC(=O)N[C@H]2Cc3cccc(C(=O)O)c3OB2O)CC1O. The summed E-state index contributed by atoms with van der Waals surface area (Å²) in [6.07, 6.45) is 0.202. The monoisotopic (exact) mass is 363 g/mol. The fraction of sp³-hybridized carbons (Fsp3) is 0.500. The second-order valence-electron chi connectivity index (χ2n) is 6.74. The molecule has 0 bridgehead atoms. The predicted molar refractivity (Wildman–Crippen MR) is 92.7 cm³/mol. The number of carbonyl (C=O) groups excluding carboxylic acids is 1. The molecule has 10 heteroatoms. The lowest BCUT2D eigenvalue weighted by Gasteiger charge is -2.34. The van der Waals surface area contributed by atoms with Crippen molar-refractivity contribution in [2.24, 2.45) is 5.73 Å². The molecule has 0 aromatic heterocycles. The minimum absolute atomic E-state index is 0.0232. The van der Waals surface area contributed by atoms with E-state index in [1.807, 2.05) is 0 Å². The second-order valence-corrected chi connectivity index (χ2v) is 6.74. The number of aromatic carboxylic acids is 1. The lowest BCUT2D eigenvalue weighted by molar-refractivity contribution is -0.123. The van der Waals surface area contributed by atoms with E-state index in [0.717, 1.165) is 0 Å². The fourth-order valence-corrected chi connectivity index (χ4v) is 3.33. The number of nitrogens with two attached hydrogens (primary N) is 1. The number of fused-ring (bicyclic) bond motifs is 1. The molecule has 9 nitrogen and oxygen atoms in total. The third kappa shape index (κ3) is 3.99. The fourth-order valence-electron chi connectivity index (χ4n) is 3.33. The number of nitrogens with one attached hydrogen (secondary N) is 1. The van der Waals surface area contributed by atoms with Crippen LogP contribution in [0.4, 0.5) is 0 Å². The van der Waals surface area contributed by atoms with Gasteiger partial charge in [0.05, 0.1) is 24.2 Å². The van der Waals surface area contributed by atoms with E-state index in [4.69, 9.17) is 10.4 Å². The van der Waals surface area contributed by atoms with Crippen molar-refractivity contribution in [2.45, 2.75) is 30.9 Å². The second kappa shape index (κ2) is 7.62. The number of carboxylic acids is 1. The molecule has 1 fully saturated rings. The van der Waals surface area contributed by atoms with E-state index in [-0.39, 0.29) is 36.2 Å². The summed E-state index contributed by atoms with van der Waals surface area (Å²) in [7, 11) is -1.34. The summed E-state index contributed by atoms with van der Waals surface area (Å²) in [6.45, 7) is 1.01. The largest absolute Gasteiger partial charge is 0.547 e. The van der Waals surface area contributed by atoms with Crippen LogP contribution in [0.5, 0.6) is 5.75 Å². The quantitative estimate of drug-likeness (QED) is 0.395. The molecule has 2 heterocycles. The molecule has 140 valence electrons. The van der Waals surface area contributed by atoms with Crippen LogP contribution in [0.25, 0.3) is 0 Å². The molecule has 1 aromatic rings. The van der Waals surface area contributed by atoms with Gasteiger partial charge in [0.1, 0.15) is 5.75 Å². The third-order valence-corrected chi connectivity index (χ3v) is 4.78. The van der Waals surface area contributed by atoms with Gasteiger partial charge in [0.2, 0.25) is 5.91 Å². The van der Waals surface area contributed by atoms with Crippen molar-refractivity contribution in [3.8, 4) is 5.75 Å². The zero-order valence-electron chi connectivity index (χ0n) is 14.2. The average molecular weight is 363 g/mol. The van der Waals surface area contributed by atoms with Crippen LogP contribution in [0, 0.1) is 0 Å². The first-order chi connectivity index (χ1) is 12.3. The summed E-state index contributed by atoms with van der Waals surface area (Å²) in [5.41, 5.74) is 6.34. The highest BCUT2D eigenvalue weighted by Crippen LogP contribution is 2.30. The minimum Gasteiger partial charge on any atom is -0.534 e. The minimum atomic E-state index is -1.34. The Morgan fingerprint density at radius 2 is 2.19 bits per heavy atom. The van der Waals surface area contributed by atoms with Crippen LogP contribution in [0.2, 0.25) is 0 Å². The number of carbonyl (C=O) groups is 2. The molecular weight excluding hydrogens is 341 g/mol. The summed E-state index contributed by atoms with van der Waals surface area (Å²) in [5, 5.41) is 31.9. The van der Waals surface area contributed by atoms with Crippen molar-refractivity contribution in [1.82, 2.24) is 10.2 Å². The van der Waals surface area contributed by atoms with Gasteiger partial charge >= 0.3 is 13.1 Å². The van der Waals surface area contributed by atoms with E-state index < -0.39 is 25.1 Å². The van der Waals surface area contributed by atoms with Crippen molar-refractivity contribution in [2.75, 3.05) is 19.6 Å². The molecule has 2 unspecified atom stereocenters. The smallest absolute Gasteiger partial charge is 0.534 e. The first kappa shape index (κ1) is 18.6. The van der Waals surface area contributed by atoms with Gasteiger partial charge in [-0.3, -0.25) is 9.69 Å². The van der Waals surface area contributed by atoms with Crippen molar-refractivity contribution >= 4 is 19.0 Å². The number of hydrogen-bond acceptors (Lipinski definition) is 7. The highest BCUT2D eigenvalue weighted by Gasteiger charge is 2.38. The number of piperidine rings is 1. The Morgan fingerprint density at radius 3 is 2.88 bits per heavy atom. The van der Waals surface area contributed by atoms with Gasteiger partial charge < -0.3 is 30.9 Å². The Labute approximate surface area is 150 Å². The van der Waals surface area contributed by atoms with Gasteiger partial charge in [-0.05, 0) is 24.5 Å². The zero-order chi connectivity index (χ0) is 18.8. The van der Waals surface area contributed by atoms with E-state index in [9.17, 15) is 24.8 Å². The van der Waals surface area contributed by atoms with Gasteiger partial charge in [-0.2, -0.15) is 0 Å². The first-order valence-corrected chi connectivity index (χ1v) is 8.50. The third-order valence-electron chi connectivity index (χ3n) is 4.78. The average Bonchev–Trinajstić information content (AvgIpc) is 2.58. The zero-order valence-corrected chi connectivity index (χ0v) is 14.2. The lowest BCUT2D eigenvalue weighted by atomic mass is 9.72. The predicted octanol–water partition coefficient (Wildman–Crippen LogP) is -1.78. The highest BCUT2D eigenvalue weighted by atomic mass is 16.5. The van der Waals surface area contributed by atoms with Crippen molar-refractivity contribution < 1.29 is 29.5 Å². The number of benzene rings is 1. The first-order valence-electron chi connectivity index (χ1n) is 8.50. The Kier molecular flexibility index (Phi) is 5.47. The molecule has 1 amide bonds. The van der Waals surface area contributed by atoms with Crippen molar-refractivity contribution in [1.29, 1.82) is 0 Å². The van der Waals surface area contributed by atoms with E-state index >= 15 is 0 Å². The van der Waals surface area contributed by atoms with Crippen LogP contribution in [0.1, 0.15) is 22.3 Å². The molecule has 0 saturated carbocycles. The lowest BCUT2D eigenvalue weighted by Crippen LogP contribution is -2.57. The van der Waals surface area contributed by atoms with Crippen LogP contribution in [0.15, 0.2) is 18.2 Å². The van der Waals surface area contributed by atoms with Gasteiger partial charge in [-0.1, -0.05) is 12.1 Å². The number of likely N-dealkylation sites (tertiary alicyclic amines) is 1. The van der Waals surface area contributed by atoms with Gasteiger partial charge in [-0.25, -0.2) is 4.79 Å². The number of hydrogen-bond donors (Lipinski definition) is 5. The Bertz CT molecular complexity index is 703. The number of carboxylic acid groups (broad SMARTS) is 1. The van der Waals surface area contributed by atoms with E-state index in [1.165, 1.54) is 6.07 Å². The van der Waals surface area contributed by atoms with E-state index in [1.54, 1.807) is 17.0 Å². The molecule has 6 N–H and O–H groups in total. The number of nitrogens with zero attached hydrogens (tertiary/aromatic N) is 1. The number of β-amino-alcohol motifs (C(OH)–C–C–N with tert-alkyl or cyclic N) is 1. The van der Waals surface area contributed by atoms with Gasteiger partial charge in [0, 0.05) is 19.1 Å². The normalized spacial score (nSPS) is 26.0. The number of aliphatic hydroxyl groups excluding tert-OH is 1. The number of para-hydroxylation sites is 1. The van der Waals surface area contributed by atoms with Crippen LogP contribution < -0.4 is 15.7 Å². The van der Waals surface area contributed by atoms with Crippen LogP contribution in [-0.2, 0) is 11.2 Å². The summed E-state index contributed by atoms with van der Waals surface area (Å²) in [6, 6.07) is 4.43. The van der Waals surface area contributed by atoms with Gasteiger partial charge in [0.15, 0.2) is 0 Å². The van der Waals surface area contributed by atoms with Crippen LogP contribution in [-0.4, -0.2) is 76.9 Å². The molecule has 2 aliphatic heterocycles. The van der Waals surface area contributed by atoms with Gasteiger partial charge in [-0.15, -0.1) is 0 Å². The van der Waals surface area contributed by atoms with Crippen LogP contribution >= 0.6 is 0 Å².